The van der Waals surface area contributed by atoms with Gasteiger partial charge in [0.15, 0.2) is 0 Å². The number of ether oxygens (including phenoxy) is 2. The summed E-state index contributed by atoms with van der Waals surface area (Å²) in [5, 5.41) is 0. The number of likely N-dealkylation sites (tertiary alicyclic amines) is 1. The number of aryl methyl sites for hydroxylation is 1. The smallest absolute Gasteiger partial charge is 0.257 e. The van der Waals surface area contributed by atoms with Crippen molar-refractivity contribution in [2.24, 2.45) is 7.05 Å². The molecule has 0 saturated carbocycles. The van der Waals surface area contributed by atoms with Crippen LogP contribution in [0.4, 0.5) is 0 Å². The van der Waals surface area contributed by atoms with Crippen LogP contribution in [0.15, 0.2) is 41.2 Å². The molecule has 1 aromatic carbocycles. The summed E-state index contributed by atoms with van der Waals surface area (Å²) in [6, 6.07) is 10.6. The van der Waals surface area contributed by atoms with Crippen LogP contribution in [-0.2, 0) is 7.05 Å². The first-order valence-electron chi connectivity index (χ1n) is 8.85. The van der Waals surface area contributed by atoms with Gasteiger partial charge in [-0.25, -0.2) is 0 Å². The van der Waals surface area contributed by atoms with Crippen LogP contribution in [-0.4, -0.2) is 41.2 Å². The maximum Gasteiger partial charge on any atom is 0.257 e. The number of pyridine rings is 1. The zero-order valence-corrected chi connectivity index (χ0v) is 15.4. The molecule has 1 saturated heterocycles. The van der Waals surface area contributed by atoms with E-state index in [0.717, 1.165) is 12.1 Å². The number of rotatable bonds is 5. The minimum Gasteiger partial charge on any atom is -0.493 e. The molecule has 6 nitrogen and oxygen atoms in total. The predicted octanol–water partition coefficient (Wildman–Crippen LogP) is 2.39. The Kier molecular flexibility index (Phi) is 5.30. The number of carbonyl (C=O) groups is 1. The minimum atomic E-state index is -0.121. The third-order valence-corrected chi connectivity index (χ3v) is 4.63. The van der Waals surface area contributed by atoms with Crippen molar-refractivity contribution in [3.63, 3.8) is 0 Å². The van der Waals surface area contributed by atoms with Crippen LogP contribution in [0.2, 0.25) is 0 Å². The number of nitrogens with zero attached hydrogens (tertiary/aromatic N) is 2. The Morgan fingerprint density at radius 1 is 1.27 bits per heavy atom. The van der Waals surface area contributed by atoms with Gasteiger partial charge in [-0.3, -0.25) is 9.59 Å². The van der Waals surface area contributed by atoms with E-state index >= 15 is 0 Å². The second-order valence-electron chi connectivity index (χ2n) is 6.44. The van der Waals surface area contributed by atoms with Gasteiger partial charge in [0.2, 0.25) is 0 Å². The molecule has 1 fully saturated rings. The van der Waals surface area contributed by atoms with Crippen molar-refractivity contribution in [2.75, 3.05) is 19.7 Å². The second kappa shape index (κ2) is 7.64. The van der Waals surface area contributed by atoms with Crippen LogP contribution < -0.4 is 15.0 Å². The minimum absolute atomic E-state index is 0.0553. The van der Waals surface area contributed by atoms with Crippen LogP contribution >= 0.6 is 0 Å². The highest BCUT2D eigenvalue weighted by Gasteiger charge is 2.29. The third kappa shape index (κ3) is 3.74. The molecule has 1 aliphatic rings. The lowest BCUT2D eigenvalue weighted by atomic mass is 10.2. The molecule has 2 heterocycles. The van der Waals surface area contributed by atoms with Gasteiger partial charge < -0.3 is 18.9 Å². The summed E-state index contributed by atoms with van der Waals surface area (Å²) in [5.41, 5.74) is 1.31. The molecule has 26 heavy (non-hydrogen) atoms. The molecule has 6 heteroatoms. The molecule has 3 rings (SSSR count). The summed E-state index contributed by atoms with van der Waals surface area (Å²) in [5.74, 6) is 1.10. The van der Waals surface area contributed by atoms with Crippen LogP contribution in [0.3, 0.4) is 0 Å². The number of hydrogen-bond acceptors (Lipinski definition) is 4. The van der Waals surface area contributed by atoms with E-state index in [-0.39, 0.29) is 17.6 Å². The molecule has 0 bridgehead atoms. The van der Waals surface area contributed by atoms with Gasteiger partial charge >= 0.3 is 0 Å². The van der Waals surface area contributed by atoms with Gasteiger partial charge in [-0.1, -0.05) is 12.1 Å². The maximum atomic E-state index is 12.8. The van der Waals surface area contributed by atoms with Crippen molar-refractivity contribution >= 4 is 5.91 Å². The Bertz CT molecular complexity index is 859. The average molecular weight is 356 g/mol. The molecule has 1 amide bonds. The molecule has 0 N–H and O–H groups in total. The van der Waals surface area contributed by atoms with Crippen LogP contribution in [0.1, 0.15) is 29.4 Å². The summed E-state index contributed by atoms with van der Waals surface area (Å²) >= 11 is 0. The molecule has 2 aromatic rings. The molecule has 1 aromatic heterocycles. The fourth-order valence-corrected chi connectivity index (χ4v) is 3.10. The van der Waals surface area contributed by atoms with E-state index < -0.39 is 0 Å². The first kappa shape index (κ1) is 18.0. The van der Waals surface area contributed by atoms with Crippen molar-refractivity contribution in [3.05, 3.63) is 58.0 Å². The summed E-state index contributed by atoms with van der Waals surface area (Å²) in [6.45, 7) is 5.39. The number of carbonyl (C=O) groups excluding carboxylic acids is 1. The van der Waals surface area contributed by atoms with Gasteiger partial charge in [-0.15, -0.1) is 0 Å². The van der Waals surface area contributed by atoms with Crippen LogP contribution in [0, 0.1) is 6.92 Å². The van der Waals surface area contributed by atoms with E-state index in [1.54, 1.807) is 22.6 Å². The second-order valence-corrected chi connectivity index (χ2v) is 6.44. The van der Waals surface area contributed by atoms with E-state index in [1.165, 1.54) is 6.07 Å². The lowest BCUT2D eigenvalue weighted by Gasteiger charge is -2.19. The van der Waals surface area contributed by atoms with Crippen molar-refractivity contribution in [2.45, 2.75) is 26.4 Å². The molecular weight excluding hydrogens is 332 g/mol. The van der Waals surface area contributed by atoms with Gasteiger partial charge in [0.1, 0.15) is 17.6 Å². The highest BCUT2D eigenvalue weighted by atomic mass is 16.5. The fraction of sp³-hybridized carbons (Fsp3) is 0.400. The molecule has 0 radical (unpaired) electrons. The van der Waals surface area contributed by atoms with Gasteiger partial charge in [0.25, 0.3) is 11.5 Å². The van der Waals surface area contributed by atoms with Crippen molar-refractivity contribution in [1.82, 2.24) is 9.47 Å². The first-order valence-corrected chi connectivity index (χ1v) is 8.85. The van der Waals surface area contributed by atoms with E-state index in [2.05, 4.69) is 0 Å². The third-order valence-electron chi connectivity index (χ3n) is 4.63. The van der Waals surface area contributed by atoms with Crippen molar-refractivity contribution < 1.29 is 14.3 Å². The molecule has 0 spiro atoms. The topological polar surface area (TPSA) is 60.8 Å². The standard InChI is InChI=1S/C20H24N2O4/c1-4-25-18-8-6-5-7-17(18)20(24)22-10-9-15(13-22)26-16-11-14(2)21(3)19(23)12-16/h5-8,11-12,15H,4,9-10,13H2,1-3H3. The Morgan fingerprint density at radius 2 is 2.04 bits per heavy atom. The molecule has 0 aliphatic carbocycles. The van der Waals surface area contributed by atoms with E-state index in [4.69, 9.17) is 9.47 Å². The zero-order valence-electron chi connectivity index (χ0n) is 15.4. The SMILES string of the molecule is CCOc1ccccc1C(=O)N1CCC(Oc2cc(C)n(C)c(=O)c2)C1. The number of amides is 1. The summed E-state index contributed by atoms with van der Waals surface area (Å²) in [7, 11) is 1.73. The Labute approximate surface area is 153 Å². The van der Waals surface area contributed by atoms with E-state index in [9.17, 15) is 9.59 Å². The van der Waals surface area contributed by atoms with Gasteiger partial charge in [0, 0.05) is 31.8 Å². The van der Waals surface area contributed by atoms with Crippen LogP contribution in [0.25, 0.3) is 0 Å². The Hall–Kier alpha value is -2.76. The largest absolute Gasteiger partial charge is 0.493 e. The molecule has 1 atom stereocenters. The normalized spacial score (nSPS) is 16.6. The summed E-state index contributed by atoms with van der Waals surface area (Å²) in [6.07, 6.45) is 0.612. The van der Waals surface area contributed by atoms with Gasteiger partial charge in [-0.05, 0) is 32.0 Å². The maximum absolute atomic E-state index is 12.8. The average Bonchev–Trinajstić information content (AvgIpc) is 3.08. The summed E-state index contributed by atoms with van der Waals surface area (Å²) in [4.78, 5) is 26.5. The number of benzene rings is 1. The van der Waals surface area contributed by atoms with Gasteiger partial charge in [0.05, 0.1) is 18.7 Å². The summed E-state index contributed by atoms with van der Waals surface area (Å²) < 4.78 is 13.1. The predicted molar refractivity (Wildman–Crippen MR) is 99.0 cm³/mol. The lowest BCUT2D eigenvalue weighted by Crippen LogP contribution is -2.31. The van der Waals surface area contributed by atoms with E-state index in [0.29, 0.717) is 36.8 Å². The quantitative estimate of drug-likeness (QED) is 0.825. The van der Waals surface area contributed by atoms with Gasteiger partial charge in [-0.2, -0.15) is 0 Å². The van der Waals surface area contributed by atoms with E-state index in [1.807, 2.05) is 38.1 Å². The number of hydrogen-bond donors (Lipinski definition) is 0. The number of para-hydroxylation sites is 1. The zero-order chi connectivity index (χ0) is 18.7. The number of aromatic nitrogens is 1. The molecular formula is C20H24N2O4. The Balaban J connectivity index is 1.69. The Morgan fingerprint density at radius 3 is 2.77 bits per heavy atom. The highest BCUT2D eigenvalue weighted by molar-refractivity contribution is 5.97. The molecule has 1 aliphatic heterocycles. The lowest BCUT2D eigenvalue weighted by molar-refractivity contribution is 0.0768. The van der Waals surface area contributed by atoms with Crippen LogP contribution in [0.5, 0.6) is 11.5 Å². The fourth-order valence-electron chi connectivity index (χ4n) is 3.10. The molecule has 138 valence electrons. The highest BCUT2D eigenvalue weighted by Crippen LogP contribution is 2.24. The monoisotopic (exact) mass is 356 g/mol. The first-order chi connectivity index (χ1) is 12.5. The van der Waals surface area contributed by atoms with Crippen molar-refractivity contribution in [3.8, 4) is 11.5 Å². The molecule has 1 unspecified atom stereocenters. The van der Waals surface area contributed by atoms with Crippen molar-refractivity contribution in [1.29, 1.82) is 0 Å².